The summed E-state index contributed by atoms with van der Waals surface area (Å²) in [5, 5.41) is 14.4. The number of carboxylic acid groups (broad SMARTS) is 1. The average molecular weight is 469 g/mol. The minimum absolute atomic E-state index is 0.0206. The number of fused-ring (bicyclic) bond motifs is 3. The van der Waals surface area contributed by atoms with Crippen LogP contribution in [0.4, 0.5) is 4.79 Å². The van der Waals surface area contributed by atoms with Crippen LogP contribution in [-0.4, -0.2) is 56.0 Å². The largest absolute Gasteiger partial charge is 0.479 e. The van der Waals surface area contributed by atoms with Crippen molar-refractivity contribution in [1.29, 1.82) is 0 Å². The summed E-state index contributed by atoms with van der Waals surface area (Å²) in [5.74, 6) is -1.46. The Kier molecular flexibility index (Phi) is 8.65. The summed E-state index contributed by atoms with van der Waals surface area (Å²) in [6.45, 7) is 4.31. The van der Waals surface area contributed by atoms with Crippen LogP contribution in [0, 0.1) is 11.8 Å². The fourth-order valence-electron chi connectivity index (χ4n) is 4.20. The first-order valence-electron chi connectivity index (χ1n) is 11.4. The molecular formula is C26H32N2O6. The van der Waals surface area contributed by atoms with Crippen LogP contribution >= 0.6 is 0 Å². The Balaban J connectivity index is 1.50. The summed E-state index contributed by atoms with van der Waals surface area (Å²) in [5.41, 5.74) is 4.61. The summed E-state index contributed by atoms with van der Waals surface area (Å²) in [6, 6.07) is 16.3. The predicted octanol–water partition coefficient (Wildman–Crippen LogP) is 3.40. The van der Waals surface area contributed by atoms with Crippen LogP contribution in [0.15, 0.2) is 48.5 Å². The van der Waals surface area contributed by atoms with Gasteiger partial charge < -0.3 is 25.2 Å². The molecule has 0 spiro atoms. The third-order valence-corrected chi connectivity index (χ3v) is 6.29. The molecule has 0 fully saturated rings. The van der Waals surface area contributed by atoms with Crippen molar-refractivity contribution in [2.45, 2.75) is 32.3 Å². The maximum atomic E-state index is 12.4. The minimum Gasteiger partial charge on any atom is -0.479 e. The maximum absolute atomic E-state index is 12.4. The molecule has 2 amide bonds. The monoisotopic (exact) mass is 468 g/mol. The quantitative estimate of drug-likeness (QED) is 0.466. The van der Waals surface area contributed by atoms with Crippen LogP contribution < -0.4 is 10.6 Å². The molecule has 3 N–H and O–H groups in total. The highest BCUT2D eigenvalue weighted by Gasteiger charge is 2.29. The number of rotatable bonds is 11. The molecule has 3 rings (SSSR count). The first-order chi connectivity index (χ1) is 16.3. The lowest BCUT2D eigenvalue weighted by atomic mass is 9.92. The standard InChI is InChI=1S/C26H32N2O6/c1-16(2)17(12-24(29)27-14-23(33-3)25(30)31)13-28-26(32)34-15-22-20-10-6-4-8-18(20)19-9-5-7-11-21(19)22/h4-11,16-17,22-23H,12-15H2,1-3H3,(H,27,29)(H,28,32)(H,30,31). The van der Waals surface area contributed by atoms with Crippen LogP contribution in [-0.2, 0) is 19.1 Å². The Morgan fingerprint density at radius 2 is 1.53 bits per heavy atom. The third-order valence-electron chi connectivity index (χ3n) is 6.29. The Morgan fingerprint density at radius 3 is 2.06 bits per heavy atom. The number of carbonyl (C=O) groups excluding carboxylic acids is 2. The van der Waals surface area contributed by atoms with E-state index in [1.165, 1.54) is 7.11 Å². The number of carboxylic acids is 1. The first-order valence-corrected chi connectivity index (χ1v) is 11.4. The van der Waals surface area contributed by atoms with Crippen LogP contribution in [0.25, 0.3) is 11.1 Å². The van der Waals surface area contributed by atoms with Gasteiger partial charge in [-0.25, -0.2) is 9.59 Å². The summed E-state index contributed by atoms with van der Waals surface area (Å²) in [7, 11) is 1.28. The highest BCUT2D eigenvalue weighted by molar-refractivity contribution is 5.79. The zero-order valence-electron chi connectivity index (χ0n) is 19.7. The average Bonchev–Trinajstić information content (AvgIpc) is 3.14. The fourth-order valence-corrected chi connectivity index (χ4v) is 4.20. The molecule has 0 bridgehead atoms. The number of ether oxygens (including phenoxy) is 2. The smallest absolute Gasteiger partial charge is 0.407 e. The second-order valence-electron chi connectivity index (χ2n) is 8.78. The van der Waals surface area contributed by atoms with Gasteiger partial charge in [0, 0.05) is 26.0 Å². The number of hydrogen-bond donors (Lipinski definition) is 3. The lowest BCUT2D eigenvalue weighted by Gasteiger charge is -2.22. The summed E-state index contributed by atoms with van der Waals surface area (Å²) in [6.07, 6.45) is -1.48. The van der Waals surface area contributed by atoms with Crippen LogP contribution in [0.3, 0.4) is 0 Å². The second kappa shape index (κ2) is 11.7. The molecule has 0 heterocycles. The van der Waals surface area contributed by atoms with E-state index in [0.29, 0.717) is 0 Å². The maximum Gasteiger partial charge on any atom is 0.407 e. The van der Waals surface area contributed by atoms with Gasteiger partial charge in [-0.05, 0) is 34.1 Å². The lowest BCUT2D eigenvalue weighted by Crippen LogP contribution is -2.40. The Hall–Kier alpha value is -3.39. The molecule has 1 aliphatic carbocycles. The summed E-state index contributed by atoms with van der Waals surface area (Å²) >= 11 is 0. The van der Waals surface area contributed by atoms with Crippen molar-refractivity contribution in [3.05, 3.63) is 59.7 Å². The van der Waals surface area contributed by atoms with E-state index >= 15 is 0 Å². The van der Waals surface area contributed by atoms with Gasteiger partial charge in [0.05, 0.1) is 6.54 Å². The van der Waals surface area contributed by atoms with E-state index in [9.17, 15) is 14.4 Å². The number of benzene rings is 2. The number of aliphatic carboxylic acids is 1. The van der Waals surface area contributed by atoms with Gasteiger partial charge in [-0.1, -0.05) is 62.4 Å². The predicted molar refractivity (Wildman–Crippen MR) is 127 cm³/mol. The molecule has 2 aromatic carbocycles. The SMILES string of the molecule is COC(CNC(=O)CC(CNC(=O)OCC1c2ccccc2-c2ccccc21)C(C)C)C(=O)O. The number of alkyl carbamates (subject to hydrolysis) is 1. The molecule has 0 aromatic heterocycles. The van der Waals surface area contributed by atoms with Crippen molar-refractivity contribution < 1.29 is 29.0 Å². The number of amides is 2. The van der Waals surface area contributed by atoms with Crippen molar-refractivity contribution in [3.8, 4) is 11.1 Å². The zero-order chi connectivity index (χ0) is 24.7. The third kappa shape index (κ3) is 6.14. The second-order valence-corrected chi connectivity index (χ2v) is 8.78. The molecule has 1 aliphatic rings. The van der Waals surface area contributed by atoms with Gasteiger partial charge in [-0.15, -0.1) is 0 Å². The van der Waals surface area contributed by atoms with E-state index < -0.39 is 18.2 Å². The molecule has 182 valence electrons. The number of methoxy groups -OCH3 is 1. The molecule has 0 aliphatic heterocycles. The molecular weight excluding hydrogens is 436 g/mol. The van der Waals surface area contributed by atoms with Gasteiger partial charge in [0.2, 0.25) is 5.91 Å². The highest BCUT2D eigenvalue weighted by atomic mass is 16.5. The molecule has 2 unspecified atom stereocenters. The minimum atomic E-state index is -1.14. The van der Waals surface area contributed by atoms with Crippen LogP contribution in [0.2, 0.25) is 0 Å². The summed E-state index contributed by atoms with van der Waals surface area (Å²) < 4.78 is 10.4. The van der Waals surface area contributed by atoms with E-state index in [-0.39, 0.29) is 49.8 Å². The Labute approximate surface area is 199 Å². The molecule has 0 saturated heterocycles. The zero-order valence-corrected chi connectivity index (χ0v) is 19.7. The molecule has 34 heavy (non-hydrogen) atoms. The molecule has 8 heteroatoms. The normalized spacial score (nSPS) is 14.1. The van der Waals surface area contributed by atoms with Crippen molar-refractivity contribution >= 4 is 18.0 Å². The van der Waals surface area contributed by atoms with E-state index in [1.807, 2.05) is 38.1 Å². The van der Waals surface area contributed by atoms with Crippen LogP contribution in [0.5, 0.6) is 0 Å². The van der Waals surface area contributed by atoms with Gasteiger partial charge in [0.15, 0.2) is 6.10 Å². The van der Waals surface area contributed by atoms with E-state index in [4.69, 9.17) is 14.6 Å². The molecule has 0 saturated carbocycles. The van der Waals surface area contributed by atoms with Gasteiger partial charge in [0.1, 0.15) is 6.61 Å². The van der Waals surface area contributed by atoms with Gasteiger partial charge in [-0.2, -0.15) is 0 Å². The molecule has 2 aromatic rings. The molecule has 0 radical (unpaired) electrons. The van der Waals surface area contributed by atoms with Crippen molar-refractivity contribution in [2.75, 3.05) is 26.8 Å². The van der Waals surface area contributed by atoms with Crippen LogP contribution in [0.1, 0.15) is 37.3 Å². The topological polar surface area (TPSA) is 114 Å². The number of hydrogen-bond acceptors (Lipinski definition) is 5. The lowest BCUT2D eigenvalue weighted by molar-refractivity contribution is -0.148. The van der Waals surface area contributed by atoms with Crippen molar-refractivity contribution in [3.63, 3.8) is 0 Å². The van der Waals surface area contributed by atoms with Crippen molar-refractivity contribution in [2.24, 2.45) is 11.8 Å². The number of nitrogens with one attached hydrogen (secondary N) is 2. The first kappa shape index (κ1) is 25.2. The van der Waals surface area contributed by atoms with Crippen molar-refractivity contribution in [1.82, 2.24) is 10.6 Å². The van der Waals surface area contributed by atoms with E-state index in [1.54, 1.807) is 0 Å². The van der Waals surface area contributed by atoms with Gasteiger partial charge in [0.25, 0.3) is 0 Å². The summed E-state index contributed by atoms with van der Waals surface area (Å²) in [4.78, 5) is 35.7. The molecule has 2 atom stereocenters. The highest BCUT2D eigenvalue weighted by Crippen LogP contribution is 2.44. The van der Waals surface area contributed by atoms with E-state index in [2.05, 4.69) is 34.9 Å². The molecule has 8 nitrogen and oxygen atoms in total. The Morgan fingerprint density at radius 1 is 0.941 bits per heavy atom. The van der Waals surface area contributed by atoms with E-state index in [0.717, 1.165) is 22.3 Å². The van der Waals surface area contributed by atoms with Gasteiger partial charge >= 0.3 is 12.1 Å². The fraction of sp³-hybridized carbons (Fsp3) is 0.423. The number of carbonyl (C=O) groups is 3. The van der Waals surface area contributed by atoms with Gasteiger partial charge in [-0.3, -0.25) is 4.79 Å². The Bertz CT molecular complexity index is 976.